The topological polar surface area (TPSA) is 26.3 Å². The van der Waals surface area contributed by atoms with Crippen molar-refractivity contribution in [3.8, 4) is 0 Å². The largest absolute Gasteiger partial charge is 0.462 e. The molecule has 1 aromatic rings. The normalized spacial score (nSPS) is 26.7. The molecule has 2 heteroatoms. The van der Waals surface area contributed by atoms with Crippen molar-refractivity contribution >= 4 is 5.97 Å². The minimum Gasteiger partial charge on any atom is -0.462 e. The Hall–Kier alpha value is -1.31. The molecule has 1 saturated carbocycles. The second-order valence-electron chi connectivity index (χ2n) is 7.37. The summed E-state index contributed by atoms with van der Waals surface area (Å²) in [7, 11) is 0. The van der Waals surface area contributed by atoms with E-state index in [2.05, 4.69) is 39.8 Å². The molecule has 0 heterocycles. The first-order chi connectivity index (χ1) is 10.5. The maximum Gasteiger partial charge on any atom is 0.306 e. The molecule has 1 aromatic carbocycles. The number of hydrogen-bond acceptors (Lipinski definition) is 2. The van der Waals surface area contributed by atoms with Gasteiger partial charge in [0.1, 0.15) is 6.10 Å². The van der Waals surface area contributed by atoms with Gasteiger partial charge in [-0.1, -0.05) is 64.4 Å². The van der Waals surface area contributed by atoms with Crippen molar-refractivity contribution < 1.29 is 9.53 Å². The summed E-state index contributed by atoms with van der Waals surface area (Å²) in [5, 5.41) is 0. The molecule has 0 saturated heterocycles. The summed E-state index contributed by atoms with van der Waals surface area (Å²) in [6.07, 6.45) is 4.05. The van der Waals surface area contributed by atoms with Crippen LogP contribution in [-0.2, 0) is 9.53 Å². The van der Waals surface area contributed by atoms with Crippen LogP contribution in [0.4, 0.5) is 0 Å². The molecule has 0 amide bonds. The highest BCUT2D eigenvalue weighted by Crippen LogP contribution is 2.35. The molecule has 1 fully saturated rings. The van der Waals surface area contributed by atoms with Crippen LogP contribution >= 0.6 is 0 Å². The van der Waals surface area contributed by atoms with Gasteiger partial charge < -0.3 is 4.74 Å². The van der Waals surface area contributed by atoms with E-state index in [1.54, 1.807) is 0 Å². The van der Waals surface area contributed by atoms with E-state index in [0.717, 1.165) is 6.42 Å². The number of esters is 1. The average molecular weight is 302 g/mol. The third-order valence-corrected chi connectivity index (χ3v) is 5.09. The van der Waals surface area contributed by atoms with Crippen molar-refractivity contribution in [2.45, 2.75) is 65.4 Å². The lowest BCUT2D eigenvalue weighted by molar-refractivity contribution is -0.156. The van der Waals surface area contributed by atoms with Crippen molar-refractivity contribution in [1.82, 2.24) is 0 Å². The average Bonchev–Trinajstić information content (AvgIpc) is 2.47. The van der Waals surface area contributed by atoms with Gasteiger partial charge in [-0.3, -0.25) is 4.79 Å². The van der Waals surface area contributed by atoms with E-state index in [0.29, 0.717) is 24.2 Å². The second kappa shape index (κ2) is 7.80. The fraction of sp³-hybridized carbons (Fsp3) is 0.650. The van der Waals surface area contributed by atoms with Crippen LogP contribution in [0, 0.1) is 17.8 Å². The zero-order chi connectivity index (χ0) is 16.1. The Balaban J connectivity index is 1.92. The Morgan fingerprint density at radius 2 is 1.86 bits per heavy atom. The van der Waals surface area contributed by atoms with Gasteiger partial charge in [-0.2, -0.15) is 0 Å². The monoisotopic (exact) mass is 302 g/mol. The van der Waals surface area contributed by atoms with Crippen LogP contribution in [0.25, 0.3) is 0 Å². The fourth-order valence-corrected chi connectivity index (χ4v) is 3.62. The van der Waals surface area contributed by atoms with Crippen molar-refractivity contribution in [3.05, 3.63) is 35.9 Å². The molecule has 2 nitrogen and oxygen atoms in total. The van der Waals surface area contributed by atoms with Gasteiger partial charge in [-0.05, 0) is 42.1 Å². The number of carbonyl (C=O) groups excluding carboxylic acids is 1. The molecule has 4 atom stereocenters. The first kappa shape index (κ1) is 17.1. The highest BCUT2D eigenvalue weighted by Gasteiger charge is 2.33. The summed E-state index contributed by atoms with van der Waals surface area (Å²) in [5.74, 6) is 1.94. The lowest BCUT2D eigenvalue weighted by atomic mass is 9.75. The van der Waals surface area contributed by atoms with Crippen LogP contribution < -0.4 is 0 Å². The molecule has 0 aromatic heterocycles. The quantitative estimate of drug-likeness (QED) is 0.700. The van der Waals surface area contributed by atoms with Gasteiger partial charge in [0.05, 0.1) is 6.42 Å². The lowest BCUT2D eigenvalue weighted by Gasteiger charge is -2.36. The molecule has 1 aliphatic rings. The van der Waals surface area contributed by atoms with E-state index in [1.807, 2.05) is 18.2 Å². The van der Waals surface area contributed by atoms with Crippen LogP contribution in [-0.4, -0.2) is 12.1 Å². The van der Waals surface area contributed by atoms with Gasteiger partial charge in [0, 0.05) is 0 Å². The van der Waals surface area contributed by atoms with Crippen molar-refractivity contribution in [2.75, 3.05) is 0 Å². The highest BCUT2D eigenvalue weighted by atomic mass is 16.5. The third kappa shape index (κ3) is 4.59. The van der Waals surface area contributed by atoms with Gasteiger partial charge >= 0.3 is 5.97 Å². The minimum atomic E-state index is -0.0406. The van der Waals surface area contributed by atoms with E-state index >= 15 is 0 Å². The van der Waals surface area contributed by atoms with Crippen LogP contribution in [0.5, 0.6) is 0 Å². The SMILES string of the molecule is CC(C)[C@H]1CC[C@@H](C)C[C@@H]1OC(=O)C[C@@H](C)c1ccccc1. The molecule has 1 aliphatic carbocycles. The number of ether oxygens (including phenoxy) is 1. The maximum absolute atomic E-state index is 12.3. The minimum absolute atomic E-state index is 0.0406. The molecule has 122 valence electrons. The van der Waals surface area contributed by atoms with Crippen molar-refractivity contribution in [1.29, 1.82) is 0 Å². The van der Waals surface area contributed by atoms with Crippen molar-refractivity contribution in [2.24, 2.45) is 17.8 Å². The first-order valence-electron chi connectivity index (χ1n) is 8.71. The predicted molar refractivity (Wildman–Crippen MR) is 90.7 cm³/mol. The Morgan fingerprint density at radius 3 is 2.50 bits per heavy atom. The smallest absolute Gasteiger partial charge is 0.306 e. The number of carbonyl (C=O) groups is 1. The number of rotatable bonds is 5. The summed E-state index contributed by atoms with van der Waals surface area (Å²) in [5.41, 5.74) is 1.21. The summed E-state index contributed by atoms with van der Waals surface area (Å²) >= 11 is 0. The van der Waals surface area contributed by atoms with E-state index in [-0.39, 0.29) is 18.0 Å². The molecular formula is C20H30O2. The summed E-state index contributed by atoms with van der Waals surface area (Å²) < 4.78 is 5.89. The van der Waals surface area contributed by atoms with Gasteiger partial charge in [0.2, 0.25) is 0 Å². The van der Waals surface area contributed by atoms with E-state index in [4.69, 9.17) is 4.74 Å². The maximum atomic E-state index is 12.3. The second-order valence-corrected chi connectivity index (χ2v) is 7.37. The summed E-state index contributed by atoms with van der Waals surface area (Å²) in [6.45, 7) is 8.85. The Kier molecular flexibility index (Phi) is 6.05. The summed E-state index contributed by atoms with van der Waals surface area (Å²) in [6, 6.07) is 10.2. The molecule has 0 aliphatic heterocycles. The highest BCUT2D eigenvalue weighted by molar-refractivity contribution is 5.70. The molecule has 0 radical (unpaired) electrons. The number of hydrogen-bond donors (Lipinski definition) is 0. The van der Waals surface area contributed by atoms with Crippen LogP contribution in [0.2, 0.25) is 0 Å². The Labute approximate surface area is 135 Å². The van der Waals surface area contributed by atoms with Gasteiger partial charge in [-0.25, -0.2) is 0 Å². The molecule has 22 heavy (non-hydrogen) atoms. The molecule has 0 spiro atoms. The zero-order valence-corrected chi connectivity index (χ0v) is 14.4. The summed E-state index contributed by atoms with van der Waals surface area (Å²) in [4.78, 5) is 12.3. The Morgan fingerprint density at radius 1 is 1.18 bits per heavy atom. The van der Waals surface area contributed by atoms with Gasteiger partial charge in [-0.15, -0.1) is 0 Å². The van der Waals surface area contributed by atoms with Gasteiger partial charge in [0.25, 0.3) is 0 Å². The molecular weight excluding hydrogens is 272 g/mol. The van der Waals surface area contributed by atoms with Crippen LogP contribution in [0.15, 0.2) is 30.3 Å². The lowest BCUT2D eigenvalue weighted by Crippen LogP contribution is -2.36. The van der Waals surface area contributed by atoms with Crippen molar-refractivity contribution in [3.63, 3.8) is 0 Å². The zero-order valence-electron chi connectivity index (χ0n) is 14.4. The number of benzene rings is 1. The van der Waals surface area contributed by atoms with E-state index in [9.17, 15) is 4.79 Å². The van der Waals surface area contributed by atoms with Crippen LogP contribution in [0.3, 0.4) is 0 Å². The first-order valence-corrected chi connectivity index (χ1v) is 8.71. The molecule has 0 unspecified atom stereocenters. The molecule has 2 rings (SSSR count). The Bertz CT molecular complexity index is 466. The molecule has 0 N–H and O–H groups in total. The van der Waals surface area contributed by atoms with Gasteiger partial charge in [0.15, 0.2) is 0 Å². The fourth-order valence-electron chi connectivity index (χ4n) is 3.62. The predicted octanol–water partition coefficient (Wildman–Crippen LogP) is 5.18. The van der Waals surface area contributed by atoms with E-state index < -0.39 is 0 Å². The molecule has 0 bridgehead atoms. The van der Waals surface area contributed by atoms with E-state index in [1.165, 1.54) is 18.4 Å². The van der Waals surface area contributed by atoms with Crippen LogP contribution in [0.1, 0.15) is 64.9 Å². The standard InChI is InChI=1S/C20H30O2/c1-14(2)18-11-10-15(3)12-19(18)22-20(21)13-16(4)17-8-6-5-7-9-17/h5-9,14-16,18-19H,10-13H2,1-4H3/t15-,16-,18-,19+/m1/s1. The third-order valence-electron chi connectivity index (χ3n) is 5.09.